The topological polar surface area (TPSA) is 92.4 Å². The molecule has 0 saturated heterocycles. The van der Waals surface area contributed by atoms with E-state index in [1.807, 2.05) is 0 Å². The summed E-state index contributed by atoms with van der Waals surface area (Å²) in [5.41, 5.74) is -0.505. The number of anilines is 1. The minimum Gasteiger partial charge on any atom is -0.481 e. The van der Waals surface area contributed by atoms with Crippen LogP contribution in [0.4, 0.5) is 5.82 Å². The van der Waals surface area contributed by atoms with Crippen molar-refractivity contribution in [3.05, 3.63) is 11.8 Å². The number of hydrogen-bond donors (Lipinski definition) is 2. The monoisotopic (exact) mass is 238 g/mol. The van der Waals surface area contributed by atoms with Gasteiger partial charge in [-0.1, -0.05) is 19.0 Å². The third-order valence-electron chi connectivity index (χ3n) is 3.26. The Balaban J connectivity index is 2.05. The fourth-order valence-corrected chi connectivity index (χ4v) is 2.22. The van der Waals surface area contributed by atoms with Gasteiger partial charge in [0, 0.05) is 6.07 Å². The van der Waals surface area contributed by atoms with Gasteiger partial charge in [0.15, 0.2) is 5.82 Å². The van der Waals surface area contributed by atoms with E-state index < -0.39 is 23.2 Å². The maximum atomic E-state index is 11.9. The standard InChI is InChI=1S/C11H14N2O4/c1-5-4-6(13-17-5)12-9(14)7-8(10(15)16)11(7,2)3/h4,7-8H,1-3H3,(H,15,16)(H,12,13,14)/t7-,8-/m1/s1. The van der Waals surface area contributed by atoms with Crippen LogP contribution in [0.2, 0.25) is 0 Å². The van der Waals surface area contributed by atoms with E-state index in [1.54, 1.807) is 26.8 Å². The molecule has 6 nitrogen and oxygen atoms in total. The van der Waals surface area contributed by atoms with Gasteiger partial charge in [0.1, 0.15) is 5.76 Å². The molecule has 0 spiro atoms. The van der Waals surface area contributed by atoms with Crippen LogP contribution in [-0.4, -0.2) is 22.1 Å². The molecule has 2 rings (SSSR count). The second kappa shape index (κ2) is 3.58. The van der Waals surface area contributed by atoms with Crippen LogP contribution in [-0.2, 0) is 9.59 Å². The maximum absolute atomic E-state index is 11.9. The molecule has 1 aliphatic carbocycles. The van der Waals surface area contributed by atoms with Crippen LogP contribution in [0.3, 0.4) is 0 Å². The number of carbonyl (C=O) groups excluding carboxylic acids is 1. The third-order valence-corrected chi connectivity index (χ3v) is 3.26. The molecule has 1 fully saturated rings. The number of rotatable bonds is 3. The Labute approximate surface area is 98.0 Å². The molecule has 0 bridgehead atoms. The van der Waals surface area contributed by atoms with Crippen LogP contribution >= 0.6 is 0 Å². The van der Waals surface area contributed by atoms with Gasteiger partial charge in [-0.05, 0) is 12.3 Å². The van der Waals surface area contributed by atoms with Crippen molar-refractivity contribution in [1.82, 2.24) is 5.16 Å². The molecule has 1 heterocycles. The lowest BCUT2D eigenvalue weighted by atomic mass is 10.1. The van der Waals surface area contributed by atoms with Gasteiger partial charge in [0.2, 0.25) is 5.91 Å². The average molecular weight is 238 g/mol. The predicted octanol–water partition coefficient (Wildman–Crippen LogP) is 1.28. The molecule has 0 aromatic carbocycles. The molecule has 6 heteroatoms. The van der Waals surface area contributed by atoms with Gasteiger partial charge in [-0.3, -0.25) is 9.59 Å². The van der Waals surface area contributed by atoms with Crippen molar-refractivity contribution in [3.8, 4) is 0 Å². The zero-order valence-corrected chi connectivity index (χ0v) is 9.85. The van der Waals surface area contributed by atoms with E-state index in [-0.39, 0.29) is 5.91 Å². The van der Waals surface area contributed by atoms with Crippen molar-refractivity contribution in [2.24, 2.45) is 17.3 Å². The molecule has 1 amide bonds. The summed E-state index contributed by atoms with van der Waals surface area (Å²) in [5, 5.41) is 15.2. The summed E-state index contributed by atoms with van der Waals surface area (Å²) >= 11 is 0. The van der Waals surface area contributed by atoms with Gasteiger partial charge < -0.3 is 14.9 Å². The Kier molecular flexibility index (Phi) is 2.45. The Morgan fingerprint density at radius 1 is 1.47 bits per heavy atom. The number of amides is 1. The van der Waals surface area contributed by atoms with Crippen LogP contribution in [0, 0.1) is 24.2 Å². The molecule has 2 atom stereocenters. The van der Waals surface area contributed by atoms with Crippen molar-refractivity contribution < 1.29 is 19.2 Å². The van der Waals surface area contributed by atoms with E-state index in [9.17, 15) is 9.59 Å². The summed E-state index contributed by atoms with van der Waals surface area (Å²) in [7, 11) is 0. The van der Waals surface area contributed by atoms with Gasteiger partial charge in [-0.25, -0.2) is 0 Å². The minimum atomic E-state index is -0.938. The largest absolute Gasteiger partial charge is 0.481 e. The van der Waals surface area contributed by atoms with E-state index in [2.05, 4.69) is 10.5 Å². The summed E-state index contributed by atoms with van der Waals surface area (Å²) < 4.78 is 4.81. The SMILES string of the molecule is Cc1cc(NC(=O)[C@H]2[C@H](C(=O)O)C2(C)C)no1. The first-order valence-electron chi connectivity index (χ1n) is 5.31. The fourth-order valence-electron chi connectivity index (χ4n) is 2.22. The molecular weight excluding hydrogens is 224 g/mol. The second-order valence-electron chi connectivity index (χ2n) is 4.93. The molecule has 17 heavy (non-hydrogen) atoms. The Morgan fingerprint density at radius 3 is 2.53 bits per heavy atom. The highest BCUT2D eigenvalue weighted by atomic mass is 16.5. The number of carboxylic acid groups (broad SMARTS) is 1. The van der Waals surface area contributed by atoms with E-state index in [0.717, 1.165) is 0 Å². The molecule has 1 aromatic heterocycles. The lowest BCUT2D eigenvalue weighted by molar-refractivity contribution is -0.140. The zero-order valence-electron chi connectivity index (χ0n) is 9.85. The number of nitrogens with zero attached hydrogens (tertiary/aromatic N) is 1. The van der Waals surface area contributed by atoms with Gasteiger partial charge in [-0.2, -0.15) is 0 Å². The fraction of sp³-hybridized carbons (Fsp3) is 0.545. The van der Waals surface area contributed by atoms with Crippen molar-refractivity contribution in [3.63, 3.8) is 0 Å². The Morgan fingerprint density at radius 2 is 2.12 bits per heavy atom. The highest BCUT2D eigenvalue weighted by Gasteiger charge is 2.65. The summed E-state index contributed by atoms with van der Waals surface area (Å²) in [6.07, 6.45) is 0. The number of aliphatic carboxylic acids is 1. The van der Waals surface area contributed by atoms with Crippen molar-refractivity contribution in [1.29, 1.82) is 0 Å². The summed E-state index contributed by atoms with van der Waals surface area (Å²) in [6, 6.07) is 1.59. The number of hydrogen-bond acceptors (Lipinski definition) is 4. The minimum absolute atomic E-state index is 0.319. The van der Waals surface area contributed by atoms with Gasteiger partial charge >= 0.3 is 5.97 Å². The van der Waals surface area contributed by atoms with Crippen LogP contribution in [0.5, 0.6) is 0 Å². The van der Waals surface area contributed by atoms with Gasteiger partial charge in [0.25, 0.3) is 0 Å². The van der Waals surface area contributed by atoms with Crippen LogP contribution in [0.25, 0.3) is 0 Å². The van der Waals surface area contributed by atoms with Gasteiger partial charge in [-0.15, -0.1) is 0 Å². The van der Waals surface area contributed by atoms with Crippen LogP contribution in [0.15, 0.2) is 10.6 Å². The van der Waals surface area contributed by atoms with Crippen LogP contribution in [0.1, 0.15) is 19.6 Å². The molecule has 92 valence electrons. The number of aromatic nitrogens is 1. The highest BCUT2D eigenvalue weighted by Crippen LogP contribution is 2.58. The Hall–Kier alpha value is -1.85. The molecule has 1 aliphatic rings. The van der Waals surface area contributed by atoms with E-state index in [0.29, 0.717) is 11.6 Å². The number of carboxylic acids is 1. The average Bonchev–Trinajstić information content (AvgIpc) is 2.54. The first-order valence-corrected chi connectivity index (χ1v) is 5.31. The zero-order chi connectivity index (χ0) is 12.8. The molecule has 0 unspecified atom stereocenters. The van der Waals surface area contributed by atoms with E-state index in [4.69, 9.17) is 9.63 Å². The first kappa shape index (κ1) is 11.6. The molecule has 0 radical (unpaired) electrons. The van der Waals surface area contributed by atoms with Crippen molar-refractivity contribution >= 4 is 17.7 Å². The molecule has 0 aliphatic heterocycles. The predicted molar refractivity (Wildman–Crippen MR) is 58.3 cm³/mol. The van der Waals surface area contributed by atoms with Crippen LogP contribution < -0.4 is 5.32 Å². The van der Waals surface area contributed by atoms with Crippen molar-refractivity contribution in [2.45, 2.75) is 20.8 Å². The lowest BCUT2D eigenvalue weighted by Gasteiger charge is -2.01. The number of carbonyl (C=O) groups is 2. The van der Waals surface area contributed by atoms with Crippen molar-refractivity contribution in [2.75, 3.05) is 5.32 Å². The summed E-state index contributed by atoms with van der Waals surface area (Å²) in [4.78, 5) is 22.8. The highest BCUT2D eigenvalue weighted by molar-refractivity contribution is 5.99. The second-order valence-corrected chi connectivity index (χ2v) is 4.93. The molecular formula is C11H14N2O4. The lowest BCUT2D eigenvalue weighted by Crippen LogP contribution is -2.17. The number of aryl methyl sites for hydroxylation is 1. The smallest absolute Gasteiger partial charge is 0.307 e. The molecule has 2 N–H and O–H groups in total. The maximum Gasteiger partial charge on any atom is 0.307 e. The third kappa shape index (κ3) is 1.90. The van der Waals surface area contributed by atoms with E-state index in [1.165, 1.54) is 0 Å². The van der Waals surface area contributed by atoms with E-state index >= 15 is 0 Å². The normalized spacial score (nSPS) is 25.4. The Bertz CT molecular complexity index is 478. The first-order chi connectivity index (χ1) is 7.84. The quantitative estimate of drug-likeness (QED) is 0.827. The van der Waals surface area contributed by atoms with Gasteiger partial charge in [0.05, 0.1) is 11.8 Å². The summed E-state index contributed by atoms with van der Waals surface area (Å²) in [6.45, 7) is 5.25. The summed E-state index contributed by atoms with van der Waals surface area (Å²) in [5.74, 6) is -1.50. The number of nitrogens with one attached hydrogen (secondary N) is 1. The molecule has 1 aromatic rings. The molecule has 1 saturated carbocycles.